The molecule has 2 aliphatic rings. The van der Waals surface area contributed by atoms with Crippen molar-refractivity contribution in [2.45, 2.75) is 64.0 Å². The molecule has 2 aliphatic carbocycles. The molecule has 27 heavy (non-hydrogen) atoms. The number of aromatic nitrogens is 2. The van der Waals surface area contributed by atoms with E-state index in [0.717, 1.165) is 25.7 Å². The van der Waals surface area contributed by atoms with Crippen molar-refractivity contribution in [3.63, 3.8) is 0 Å². The van der Waals surface area contributed by atoms with Gasteiger partial charge in [0.05, 0.1) is 5.69 Å². The summed E-state index contributed by atoms with van der Waals surface area (Å²) in [4.78, 5) is 39.9. The molecule has 6 heteroatoms. The van der Waals surface area contributed by atoms with E-state index in [4.69, 9.17) is 4.74 Å². The minimum Gasteiger partial charge on any atom is -0.484 e. The fraction of sp³-hybridized carbons (Fsp3) is 0.476. The number of hydrogen-bond donors (Lipinski definition) is 1. The second-order valence-corrected chi connectivity index (χ2v) is 7.52. The lowest BCUT2D eigenvalue weighted by Crippen LogP contribution is -2.41. The zero-order valence-electron chi connectivity index (χ0n) is 15.5. The normalized spacial score (nSPS) is 19.7. The van der Waals surface area contributed by atoms with Crippen LogP contribution in [0.15, 0.2) is 33.9 Å². The van der Waals surface area contributed by atoms with Crippen LogP contribution in [0.2, 0.25) is 0 Å². The zero-order chi connectivity index (χ0) is 19.0. The van der Waals surface area contributed by atoms with E-state index in [1.807, 2.05) is 0 Å². The van der Waals surface area contributed by atoms with E-state index in [9.17, 15) is 14.4 Å². The molecule has 0 aliphatic heterocycles. The van der Waals surface area contributed by atoms with Crippen molar-refractivity contribution in [1.29, 1.82) is 0 Å². The SMILES string of the molecule is CC(=O)c1ccc(OC2CCc3c2[nH]c(=O)n(C2CCCCC2)c3=O)cc1. The first-order chi connectivity index (χ1) is 13.0. The molecule has 1 unspecified atom stereocenters. The number of H-pyrrole nitrogens is 1. The van der Waals surface area contributed by atoms with Crippen LogP contribution in [0.5, 0.6) is 5.75 Å². The Bertz CT molecular complexity index is 965. The standard InChI is InChI=1S/C21H24N2O4/c1-13(24)14-7-9-16(10-8-14)27-18-12-11-17-19(18)22-21(26)23(20(17)25)15-5-3-2-4-6-15/h7-10,15,18H,2-6,11-12H2,1H3,(H,22,26). The largest absolute Gasteiger partial charge is 0.484 e. The summed E-state index contributed by atoms with van der Waals surface area (Å²) in [5, 5.41) is 0. The fourth-order valence-corrected chi connectivity index (χ4v) is 4.26. The maximum absolute atomic E-state index is 12.9. The second-order valence-electron chi connectivity index (χ2n) is 7.52. The molecule has 1 saturated carbocycles. The Kier molecular flexibility index (Phi) is 4.72. The summed E-state index contributed by atoms with van der Waals surface area (Å²) in [6.07, 6.45) is 6.01. The molecule has 6 nitrogen and oxygen atoms in total. The lowest BCUT2D eigenvalue weighted by molar-refractivity contribution is 0.101. The van der Waals surface area contributed by atoms with Crippen molar-refractivity contribution in [2.24, 2.45) is 0 Å². The molecule has 1 aromatic carbocycles. The summed E-state index contributed by atoms with van der Waals surface area (Å²) in [5.74, 6) is 0.621. The number of nitrogens with zero attached hydrogens (tertiary/aromatic N) is 1. The first-order valence-electron chi connectivity index (χ1n) is 9.70. The van der Waals surface area contributed by atoms with Crippen LogP contribution in [0.25, 0.3) is 0 Å². The summed E-state index contributed by atoms with van der Waals surface area (Å²) in [6.45, 7) is 1.52. The molecule has 0 saturated heterocycles. The molecular weight excluding hydrogens is 344 g/mol. The highest BCUT2D eigenvalue weighted by atomic mass is 16.5. The highest BCUT2D eigenvalue weighted by Gasteiger charge is 2.31. The number of hydrogen-bond acceptors (Lipinski definition) is 4. The van der Waals surface area contributed by atoms with Crippen molar-refractivity contribution in [2.75, 3.05) is 0 Å². The van der Waals surface area contributed by atoms with Crippen molar-refractivity contribution >= 4 is 5.78 Å². The van der Waals surface area contributed by atoms with E-state index < -0.39 is 0 Å². The fourth-order valence-electron chi connectivity index (χ4n) is 4.26. The van der Waals surface area contributed by atoms with E-state index >= 15 is 0 Å². The van der Waals surface area contributed by atoms with Crippen molar-refractivity contribution < 1.29 is 9.53 Å². The van der Waals surface area contributed by atoms with Gasteiger partial charge in [0, 0.05) is 17.2 Å². The Hall–Kier alpha value is -2.63. The summed E-state index contributed by atoms with van der Waals surface area (Å²) in [6, 6.07) is 6.94. The Balaban J connectivity index is 1.61. The van der Waals surface area contributed by atoms with Crippen LogP contribution in [-0.2, 0) is 6.42 Å². The highest BCUT2D eigenvalue weighted by Crippen LogP contribution is 2.32. The van der Waals surface area contributed by atoms with E-state index in [-0.39, 0.29) is 29.2 Å². The third-order valence-electron chi connectivity index (χ3n) is 5.72. The molecule has 1 N–H and O–H groups in total. The molecule has 1 heterocycles. The van der Waals surface area contributed by atoms with Gasteiger partial charge < -0.3 is 9.72 Å². The summed E-state index contributed by atoms with van der Waals surface area (Å²) >= 11 is 0. The molecule has 4 rings (SSSR count). The van der Waals surface area contributed by atoms with Gasteiger partial charge in [0.2, 0.25) is 0 Å². The molecule has 0 radical (unpaired) electrons. The summed E-state index contributed by atoms with van der Waals surface area (Å²) < 4.78 is 7.43. The molecule has 0 amide bonds. The predicted molar refractivity (Wildman–Crippen MR) is 102 cm³/mol. The lowest BCUT2D eigenvalue weighted by Gasteiger charge is -2.23. The third-order valence-corrected chi connectivity index (χ3v) is 5.72. The number of carbonyl (C=O) groups excluding carboxylic acids is 1. The summed E-state index contributed by atoms with van der Waals surface area (Å²) in [7, 11) is 0. The van der Waals surface area contributed by atoms with Gasteiger partial charge in [-0.3, -0.25) is 14.2 Å². The van der Waals surface area contributed by atoms with Crippen LogP contribution in [-0.4, -0.2) is 15.3 Å². The Morgan fingerprint density at radius 3 is 2.44 bits per heavy atom. The maximum atomic E-state index is 12.9. The van der Waals surface area contributed by atoms with Gasteiger partial charge >= 0.3 is 5.69 Å². The molecule has 0 bridgehead atoms. The van der Waals surface area contributed by atoms with Crippen molar-refractivity contribution in [1.82, 2.24) is 9.55 Å². The van der Waals surface area contributed by atoms with Gasteiger partial charge in [0.25, 0.3) is 5.56 Å². The first kappa shape index (κ1) is 17.8. The number of carbonyl (C=O) groups is 1. The number of ketones is 1. The molecule has 1 fully saturated rings. The summed E-state index contributed by atoms with van der Waals surface area (Å²) in [5.41, 5.74) is 1.42. The Morgan fingerprint density at radius 2 is 1.78 bits per heavy atom. The molecule has 2 aromatic rings. The maximum Gasteiger partial charge on any atom is 0.328 e. The molecule has 142 valence electrons. The van der Waals surface area contributed by atoms with E-state index in [0.29, 0.717) is 35.4 Å². The van der Waals surface area contributed by atoms with Crippen LogP contribution in [0, 0.1) is 0 Å². The number of ether oxygens (including phenoxy) is 1. The van der Waals surface area contributed by atoms with Gasteiger partial charge in [-0.2, -0.15) is 0 Å². The molecular formula is C21H24N2O4. The number of rotatable bonds is 4. The average molecular weight is 368 g/mol. The monoisotopic (exact) mass is 368 g/mol. The molecule has 1 atom stereocenters. The highest BCUT2D eigenvalue weighted by molar-refractivity contribution is 5.94. The molecule has 0 spiro atoms. The van der Waals surface area contributed by atoms with Gasteiger partial charge in [-0.25, -0.2) is 4.79 Å². The van der Waals surface area contributed by atoms with Gasteiger partial charge in [0.1, 0.15) is 11.9 Å². The van der Waals surface area contributed by atoms with Crippen LogP contribution < -0.4 is 16.0 Å². The third kappa shape index (κ3) is 3.36. The quantitative estimate of drug-likeness (QED) is 0.840. The van der Waals surface area contributed by atoms with Gasteiger partial charge in [-0.1, -0.05) is 19.3 Å². The van der Waals surface area contributed by atoms with Crippen LogP contribution in [0.3, 0.4) is 0 Å². The Morgan fingerprint density at radius 1 is 1.07 bits per heavy atom. The van der Waals surface area contributed by atoms with Crippen LogP contribution in [0.4, 0.5) is 0 Å². The van der Waals surface area contributed by atoms with E-state index in [1.54, 1.807) is 24.3 Å². The van der Waals surface area contributed by atoms with Crippen molar-refractivity contribution in [3.8, 4) is 5.75 Å². The van der Waals surface area contributed by atoms with Gasteiger partial charge in [-0.05, 0) is 56.9 Å². The van der Waals surface area contributed by atoms with E-state index in [1.165, 1.54) is 17.9 Å². The number of aromatic amines is 1. The van der Waals surface area contributed by atoms with Crippen molar-refractivity contribution in [3.05, 3.63) is 61.9 Å². The van der Waals surface area contributed by atoms with Crippen LogP contribution in [0.1, 0.15) is 79.2 Å². The average Bonchev–Trinajstić information content (AvgIpc) is 3.06. The second kappa shape index (κ2) is 7.18. The lowest BCUT2D eigenvalue weighted by atomic mass is 9.95. The zero-order valence-corrected chi connectivity index (χ0v) is 15.5. The number of fused-ring (bicyclic) bond motifs is 1. The molecule has 1 aromatic heterocycles. The van der Waals surface area contributed by atoms with Gasteiger partial charge in [0.15, 0.2) is 5.78 Å². The first-order valence-corrected chi connectivity index (χ1v) is 9.70. The van der Waals surface area contributed by atoms with E-state index in [2.05, 4.69) is 4.98 Å². The smallest absolute Gasteiger partial charge is 0.328 e. The Labute approximate surface area is 157 Å². The topological polar surface area (TPSA) is 81.2 Å². The van der Waals surface area contributed by atoms with Crippen LogP contribution >= 0.6 is 0 Å². The minimum atomic E-state index is -0.343. The minimum absolute atomic E-state index is 0.000329. The number of Topliss-reactive ketones (excluding diaryl/α,β-unsaturated/α-hetero) is 1. The van der Waals surface area contributed by atoms with Gasteiger partial charge in [-0.15, -0.1) is 0 Å². The predicted octanol–water partition coefficient (Wildman–Crippen LogP) is 3.31. The number of benzene rings is 1. The number of nitrogens with one attached hydrogen (secondary N) is 1.